The van der Waals surface area contributed by atoms with Gasteiger partial charge in [-0.25, -0.2) is 0 Å². The smallest absolute Gasteiger partial charge is 0.387 e. The van der Waals surface area contributed by atoms with Crippen molar-refractivity contribution in [2.45, 2.75) is 25.9 Å². The Hall–Kier alpha value is -3.26. The van der Waals surface area contributed by atoms with E-state index in [0.29, 0.717) is 27.5 Å². The average Bonchev–Trinajstić information content (AvgIpc) is 3.50. The number of hydrogen-bond acceptors (Lipinski definition) is 4. The molecule has 31 heavy (non-hydrogen) atoms. The van der Waals surface area contributed by atoms with Crippen LogP contribution >= 0.6 is 11.3 Å². The van der Waals surface area contributed by atoms with Crippen molar-refractivity contribution in [1.29, 1.82) is 0 Å². The minimum absolute atomic E-state index is 0.0195. The summed E-state index contributed by atoms with van der Waals surface area (Å²) < 4.78 is 30.2. The van der Waals surface area contributed by atoms with Crippen molar-refractivity contribution in [3.63, 3.8) is 0 Å². The summed E-state index contributed by atoms with van der Waals surface area (Å²) in [5.74, 6) is -0.214. The zero-order valence-corrected chi connectivity index (χ0v) is 17.3. The zero-order chi connectivity index (χ0) is 21.8. The van der Waals surface area contributed by atoms with Crippen molar-refractivity contribution in [3.05, 3.63) is 76.7 Å². The van der Waals surface area contributed by atoms with Gasteiger partial charge in [-0.05, 0) is 48.7 Å². The van der Waals surface area contributed by atoms with Crippen molar-refractivity contribution < 1.29 is 23.1 Å². The monoisotopic (exact) mass is 442 g/mol. The zero-order valence-electron chi connectivity index (χ0n) is 16.4. The molecule has 3 aromatic rings. The van der Waals surface area contributed by atoms with E-state index < -0.39 is 6.61 Å². The number of benzene rings is 2. The molecule has 1 saturated carbocycles. The molecule has 0 bridgehead atoms. The Balaban J connectivity index is 1.48. The highest BCUT2D eigenvalue weighted by molar-refractivity contribution is 7.18. The van der Waals surface area contributed by atoms with Gasteiger partial charge in [0, 0.05) is 23.6 Å². The van der Waals surface area contributed by atoms with Crippen molar-refractivity contribution in [2.24, 2.45) is 5.92 Å². The number of hydrogen-bond donors (Lipinski definition) is 2. The first-order valence-corrected chi connectivity index (χ1v) is 10.6. The lowest BCUT2D eigenvalue weighted by molar-refractivity contribution is -0.117. The van der Waals surface area contributed by atoms with Crippen LogP contribution in [-0.2, 0) is 11.2 Å². The Morgan fingerprint density at radius 1 is 1.03 bits per heavy atom. The molecule has 160 valence electrons. The number of carbonyl (C=O) groups excluding carboxylic acids is 2. The second kappa shape index (κ2) is 9.26. The number of alkyl halides is 2. The molecule has 1 aliphatic carbocycles. The number of amides is 2. The first-order chi connectivity index (χ1) is 15.0. The fraction of sp³-hybridized carbons (Fsp3) is 0.217. The molecule has 0 saturated heterocycles. The number of rotatable bonds is 8. The molecule has 1 aromatic heterocycles. The Morgan fingerprint density at radius 3 is 2.52 bits per heavy atom. The topological polar surface area (TPSA) is 67.4 Å². The summed E-state index contributed by atoms with van der Waals surface area (Å²) in [6.07, 6.45) is 2.19. The number of anilines is 2. The second-order valence-electron chi connectivity index (χ2n) is 7.24. The molecule has 0 atom stereocenters. The molecule has 4 rings (SSSR count). The average molecular weight is 442 g/mol. The minimum atomic E-state index is -2.94. The number of carbonyl (C=O) groups is 2. The van der Waals surface area contributed by atoms with Crippen molar-refractivity contribution in [2.75, 3.05) is 10.6 Å². The largest absolute Gasteiger partial charge is 0.435 e. The van der Waals surface area contributed by atoms with Gasteiger partial charge in [0.1, 0.15) is 5.75 Å². The SMILES string of the molecule is O=C(Nc1ccc(OC(F)F)c(Cc2ccccc2)c1)c1ccc(NC(=O)C2CC2)s1. The molecular formula is C23H20F2N2O3S. The lowest BCUT2D eigenvalue weighted by atomic mass is 10.0. The molecule has 5 nitrogen and oxygen atoms in total. The first kappa shape index (κ1) is 21.0. The predicted octanol–water partition coefficient (Wildman–Crippen LogP) is 5.54. The number of ether oxygens (including phenoxy) is 1. The molecule has 1 aliphatic rings. The third kappa shape index (κ3) is 5.67. The van der Waals surface area contributed by atoms with Gasteiger partial charge < -0.3 is 15.4 Å². The maximum atomic E-state index is 12.8. The van der Waals surface area contributed by atoms with Crippen LogP contribution in [0.5, 0.6) is 5.75 Å². The number of nitrogens with one attached hydrogen (secondary N) is 2. The van der Waals surface area contributed by atoms with Gasteiger partial charge in [-0.2, -0.15) is 8.78 Å². The van der Waals surface area contributed by atoms with Crippen LogP contribution in [0.2, 0.25) is 0 Å². The lowest BCUT2D eigenvalue weighted by Gasteiger charge is -2.13. The van der Waals surface area contributed by atoms with Crippen LogP contribution < -0.4 is 15.4 Å². The van der Waals surface area contributed by atoms with E-state index in [4.69, 9.17) is 0 Å². The highest BCUT2D eigenvalue weighted by Gasteiger charge is 2.29. The molecule has 1 heterocycles. The van der Waals surface area contributed by atoms with Crippen LogP contribution in [0.25, 0.3) is 0 Å². The summed E-state index contributed by atoms with van der Waals surface area (Å²) >= 11 is 1.18. The fourth-order valence-electron chi connectivity index (χ4n) is 3.11. The second-order valence-corrected chi connectivity index (χ2v) is 8.33. The molecule has 0 spiro atoms. The Kier molecular flexibility index (Phi) is 6.27. The lowest BCUT2D eigenvalue weighted by Crippen LogP contribution is -2.12. The Labute approximate surface area is 182 Å². The van der Waals surface area contributed by atoms with Gasteiger partial charge in [-0.15, -0.1) is 11.3 Å². The highest BCUT2D eigenvalue weighted by atomic mass is 32.1. The van der Waals surface area contributed by atoms with E-state index in [1.807, 2.05) is 30.3 Å². The van der Waals surface area contributed by atoms with Gasteiger partial charge in [0.05, 0.1) is 9.88 Å². The van der Waals surface area contributed by atoms with E-state index in [1.54, 1.807) is 18.2 Å². The molecule has 2 N–H and O–H groups in total. The van der Waals surface area contributed by atoms with E-state index in [0.717, 1.165) is 18.4 Å². The summed E-state index contributed by atoms with van der Waals surface area (Å²) in [5.41, 5.74) is 1.93. The highest BCUT2D eigenvalue weighted by Crippen LogP contribution is 2.32. The van der Waals surface area contributed by atoms with E-state index in [2.05, 4.69) is 15.4 Å². The molecule has 2 aromatic carbocycles. The Morgan fingerprint density at radius 2 is 1.81 bits per heavy atom. The normalized spacial score (nSPS) is 13.1. The van der Waals surface area contributed by atoms with Crippen LogP contribution in [0.3, 0.4) is 0 Å². The first-order valence-electron chi connectivity index (χ1n) is 9.81. The van der Waals surface area contributed by atoms with E-state index in [-0.39, 0.29) is 23.5 Å². The number of halogens is 2. The van der Waals surface area contributed by atoms with Crippen LogP contribution in [0.4, 0.5) is 19.5 Å². The van der Waals surface area contributed by atoms with Gasteiger partial charge in [-0.3, -0.25) is 9.59 Å². The van der Waals surface area contributed by atoms with Crippen LogP contribution in [0, 0.1) is 5.92 Å². The van der Waals surface area contributed by atoms with Crippen LogP contribution in [-0.4, -0.2) is 18.4 Å². The van der Waals surface area contributed by atoms with Crippen molar-refractivity contribution in [3.8, 4) is 5.75 Å². The molecule has 0 unspecified atom stereocenters. The van der Waals surface area contributed by atoms with E-state index in [9.17, 15) is 18.4 Å². The minimum Gasteiger partial charge on any atom is -0.435 e. The van der Waals surface area contributed by atoms with Gasteiger partial charge >= 0.3 is 6.61 Å². The third-order valence-electron chi connectivity index (χ3n) is 4.80. The van der Waals surface area contributed by atoms with Crippen molar-refractivity contribution in [1.82, 2.24) is 0 Å². The van der Waals surface area contributed by atoms with Gasteiger partial charge in [0.2, 0.25) is 5.91 Å². The van der Waals surface area contributed by atoms with Crippen LogP contribution in [0.15, 0.2) is 60.7 Å². The summed E-state index contributed by atoms with van der Waals surface area (Å²) in [6, 6.07) is 17.3. The molecule has 8 heteroatoms. The van der Waals surface area contributed by atoms with E-state index in [1.165, 1.54) is 23.5 Å². The predicted molar refractivity (Wildman–Crippen MR) is 116 cm³/mol. The van der Waals surface area contributed by atoms with Gasteiger partial charge in [0.15, 0.2) is 0 Å². The van der Waals surface area contributed by atoms with Gasteiger partial charge in [0.25, 0.3) is 5.91 Å². The molecule has 0 aliphatic heterocycles. The standard InChI is InChI=1S/C23H20F2N2O3S/c24-23(25)30-18-9-8-17(13-16(18)12-14-4-2-1-3-5-14)26-22(29)19-10-11-20(31-19)27-21(28)15-6-7-15/h1-5,8-11,13,15,23H,6-7,12H2,(H,26,29)(H,27,28). The third-order valence-corrected chi connectivity index (χ3v) is 5.80. The fourth-order valence-corrected chi connectivity index (χ4v) is 3.92. The Bertz CT molecular complexity index is 1080. The summed E-state index contributed by atoms with van der Waals surface area (Å²) in [4.78, 5) is 24.9. The summed E-state index contributed by atoms with van der Waals surface area (Å²) in [6.45, 7) is -2.94. The van der Waals surface area contributed by atoms with E-state index >= 15 is 0 Å². The maximum absolute atomic E-state index is 12.8. The van der Waals surface area contributed by atoms with Crippen LogP contribution in [0.1, 0.15) is 33.6 Å². The maximum Gasteiger partial charge on any atom is 0.387 e. The molecule has 1 fully saturated rings. The quantitative estimate of drug-likeness (QED) is 0.481. The summed E-state index contributed by atoms with van der Waals surface area (Å²) in [5, 5.41) is 6.22. The molecule has 2 amide bonds. The molecular weight excluding hydrogens is 422 g/mol. The summed E-state index contributed by atoms with van der Waals surface area (Å²) in [7, 11) is 0. The van der Waals surface area contributed by atoms with Crippen molar-refractivity contribution >= 4 is 33.8 Å². The molecule has 0 radical (unpaired) electrons. The number of thiophene rings is 1. The van der Waals surface area contributed by atoms with Gasteiger partial charge in [-0.1, -0.05) is 30.3 Å².